The van der Waals surface area contributed by atoms with E-state index in [1.807, 2.05) is 23.1 Å². The molecule has 3 aliphatic rings. The Hall–Kier alpha value is -4.01. The number of hydrogen-bond donors (Lipinski definition) is 0. The van der Waals surface area contributed by atoms with Crippen molar-refractivity contribution in [1.82, 2.24) is 19.8 Å². The Morgan fingerprint density at radius 1 is 1.20 bits per heavy atom. The molecule has 1 amide bonds. The zero-order valence-electron chi connectivity index (χ0n) is 24.8. The zero-order valence-corrected chi connectivity index (χ0v) is 25.6. The van der Waals surface area contributed by atoms with Crippen LogP contribution >= 0.6 is 11.6 Å². The highest BCUT2D eigenvalue weighted by Crippen LogP contribution is 2.38. The number of fused-ring (bicyclic) bond motifs is 2. The van der Waals surface area contributed by atoms with E-state index in [1.165, 1.54) is 11.0 Å². The molecule has 3 aromatic rings. The lowest BCUT2D eigenvalue weighted by Crippen LogP contribution is -2.59. The molecule has 0 bridgehead atoms. The fourth-order valence-corrected chi connectivity index (χ4v) is 6.61. The van der Waals surface area contributed by atoms with Crippen LogP contribution in [0.1, 0.15) is 31.0 Å². The number of likely N-dealkylation sites (tertiary alicyclic amines) is 1. The Kier molecular flexibility index (Phi) is 8.07. The summed E-state index contributed by atoms with van der Waals surface area (Å²) in [6.45, 7) is 8.67. The molecule has 9 nitrogen and oxygen atoms in total. The van der Waals surface area contributed by atoms with Gasteiger partial charge < -0.3 is 19.4 Å². The number of halogens is 3. The number of benzene rings is 2. The molecular formula is C32H34ClF2N7O2. The van der Waals surface area contributed by atoms with Crippen molar-refractivity contribution in [2.45, 2.75) is 44.3 Å². The standard InChI is InChI=1S/C32H34ClF2N7O2/c1-20(34)30(43)42-16-15-41(17-22(42)9-12-36)29-23-10-13-40(26-6-4-5-21-7-8-24(35)28(33)27(21)26)18-25(23)37-31(38-29)44-19-32(2)11-14-39(32)3/h4-8,22H,1,9-11,13-19H2,2-3H3/t22-,32?/m0/s1. The fraction of sp³-hybridized carbons (Fsp3) is 0.438. The van der Waals surface area contributed by atoms with Crippen molar-refractivity contribution < 1.29 is 18.3 Å². The van der Waals surface area contributed by atoms with Crippen LogP contribution in [-0.4, -0.2) is 83.6 Å². The van der Waals surface area contributed by atoms with Crippen LogP contribution in [0.2, 0.25) is 5.02 Å². The van der Waals surface area contributed by atoms with Crippen LogP contribution in [0.4, 0.5) is 20.3 Å². The molecular weight excluding hydrogens is 588 g/mol. The molecule has 0 saturated carbocycles. The van der Waals surface area contributed by atoms with Gasteiger partial charge in [0.15, 0.2) is 5.83 Å². The number of carbonyl (C=O) groups excluding carboxylic acids is 1. The number of aromatic nitrogens is 2. The number of carbonyl (C=O) groups is 1. The number of ether oxygens (including phenoxy) is 1. The summed E-state index contributed by atoms with van der Waals surface area (Å²) in [5.41, 5.74) is 2.42. The average Bonchev–Trinajstić information content (AvgIpc) is 3.03. The maximum absolute atomic E-state index is 14.5. The lowest BCUT2D eigenvalue weighted by molar-refractivity contribution is -0.131. The first-order chi connectivity index (χ1) is 21.1. The summed E-state index contributed by atoms with van der Waals surface area (Å²) < 4.78 is 34.6. The van der Waals surface area contributed by atoms with Gasteiger partial charge in [-0.2, -0.15) is 15.2 Å². The Labute approximate surface area is 260 Å². The van der Waals surface area contributed by atoms with Crippen LogP contribution in [-0.2, 0) is 17.8 Å². The van der Waals surface area contributed by atoms with E-state index in [0.717, 1.165) is 35.3 Å². The minimum atomic E-state index is -1.04. The predicted octanol–water partition coefficient (Wildman–Crippen LogP) is 4.87. The van der Waals surface area contributed by atoms with E-state index in [-0.39, 0.29) is 29.5 Å². The van der Waals surface area contributed by atoms with Gasteiger partial charge in [0.2, 0.25) is 0 Å². The molecule has 3 aliphatic heterocycles. The van der Waals surface area contributed by atoms with E-state index in [4.69, 9.17) is 26.3 Å². The number of piperazine rings is 1. The highest BCUT2D eigenvalue weighted by molar-refractivity contribution is 6.36. The van der Waals surface area contributed by atoms with Crippen LogP contribution in [0.3, 0.4) is 0 Å². The van der Waals surface area contributed by atoms with E-state index in [0.29, 0.717) is 50.4 Å². The molecule has 0 aliphatic carbocycles. The molecule has 1 aromatic heterocycles. The Morgan fingerprint density at radius 3 is 2.73 bits per heavy atom. The van der Waals surface area contributed by atoms with Gasteiger partial charge in [-0.15, -0.1) is 0 Å². The number of nitriles is 1. The van der Waals surface area contributed by atoms with Gasteiger partial charge in [-0.1, -0.05) is 36.4 Å². The summed E-state index contributed by atoms with van der Waals surface area (Å²) >= 11 is 6.47. The molecule has 1 unspecified atom stereocenters. The molecule has 230 valence electrons. The molecule has 12 heteroatoms. The van der Waals surface area contributed by atoms with Crippen LogP contribution in [0.25, 0.3) is 10.8 Å². The third-order valence-electron chi connectivity index (χ3n) is 9.30. The van der Waals surface area contributed by atoms with Crippen LogP contribution in [0.5, 0.6) is 6.01 Å². The number of hydrogen-bond acceptors (Lipinski definition) is 8. The number of rotatable bonds is 7. The number of likely N-dealkylation sites (N-methyl/N-ethyl adjacent to an activating group) is 1. The first kappa shape index (κ1) is 30.0. The van der Waals surface area contributed by atoms with Gasteiger partial charge in [0.1, 0.15) is 18.2 Å². The van der Waals surface area contributed by atoms with Gasteiger partial charge in [-0.3, -0.25) is 9.69 Å². The first-order valence-corrected chi connectivity index (χ1v) is 15.1. The van der Waals surface area contributed by atoms with Crippen molar-refractivity contribution in [2.24, 2.45) is 0 Å². The second-order valence-electron chi connectivity index (χ2n) is 12.0. The monoisotopic (exact) mass is 621 g/mol. The van der Waals surface area contributed by atoms with Gasteiger partial charge in [0.25, 0.3) is 5.91 Å². The van der Waals surface area contributed by atoms with E-state index in [2.05, 4.69) is 36.4 Å². The zero-order chi connectivity index (χ0) is 31.2. The summed E-state index contributed by atoms with van der Waals surface area (Å²) in [5, 5.41) is 11.1. The molecule has 0 N–H and O–H groups in total. The molecule has 6 rings (SSSR count). The van der Waals surface area contributed by atoms with Gasteiger partial charge in [-0.25, -0.2) is 8.78 Å². The second kappa shape index (κ2) is 11.8. The summed E-state index contributed by atoms with van der Waals surface area (Å²) in [7, 11) is 2.06. The van der Waals surface area contributed by atoms with E-state index < -0.39 is 23.6 Å². The van der Waals surface area contributed by atoms with Crippen molar-refractivity contribution in [3.8, 4) is 12.1 Å². The SMILES string of the molecule is C=C(F)C(=O)N1CCN(c2nc(OCC3(C)CCN3C)nc3c2CCN(c2cccc4ccc(F)c(Cl)c24)C3)C[C@@H]1CC#N. The van der Waals surface area contributed by atoms with Crippen molar-refractivity contribution in [2.75, 3.05) is 56.2 Å². The average molecular weight is 622 g/mol. The lowest BCUT2D eigenvalue weighted by Gasteiger charge is -2.47. The second-order valence-corrected chi connectivity index (χ2v) is 12.4. The van der Waals surface area contributed by atoms with Crippen LogP contribution < -0.4 is 14.5 Å². The van der Waals surface area contributed by atoms with E-state index in [9.17, 15) is 18.8 Å². The maximum atomic E-state index is 14.5. The summed E-state index contributed by atoms with van der Waals surface area (Å²) in [5.74, 6) is -1.62. The molecule has 2 fully saturated rings. The molecule has 44 heavy (non-hydrogen) atoms. The number of nitrogens with zero attached hydrogens (tertiary/aromatic N) is 7. The Bertz CT molecular complexity index is 1680. The van der Waals surface area contributed by atoms with Crippen molar-refractivity contribution in [1.29, 1.82) is 5.26 Å². The minimum absolute atomic E-state index is 0.0447. The van der Waals surface area contributed by atoms with Gasteiger partial charge in [-0.05, 0) is 44.3 Å². The quantitative estimate of drug-likeness (QED) is 0.345. The van der Waals surface area contributed by atoms with E-state index in [1.54, 1.807) is 6.07 Å². The van der Waals surface area contributed by atoms with Crippen LogP contribution in [0, 0.1) is 17.1 Å². The fourth-order valence-electron chi connectivity index (χ4n) is 6.35. The smallest absolute Gasteiger partial charge is 0.318 e. The lowest BCUT2D eigenvalue weighted by atomic mass is 9.88. The minimum Gasteiger partial charge on any atom is -0.461 e. The third-order valence-corrected chi connectivity index (χ3v) is 9.67. The predicted molar refractivity (Wildman–Crippen MR) is 165 cm³/mol. The van der Waals surface area contributed by atoms with Gasteiger partial charge >= 0.3 is 6.01 Å². The number of anilines is 2. The summed E-state index contributed by atoms with van der Waals surface area (Å²) in [6, 6.07) is 10.7. The van der Waals surface area contributed by atoms with Crippen molar-refractivity contribution in [3.63, 3.8) is 0 Å². The summed E-state index contributed by atoms with van der Waals surface area (Å²) in [4.78, 5) is 30.0. The largest absolute Gasteiger partial charge is 0.461 e. The first-order valence-electron chi connectivity index (χ1n) is 14.7. The van der Waals surface area contributed by atoms with E-state index >= 15 is 0 Å². The van der Waals surface area contributed by atoms with Gasteiger partial charge in [0, 0.05) is 49.4 Å². The Balaban J connectivity index is 1.36. The van der Waals surface area contributed by atoms with Crippen LogP contribution in [0.15, 0.2) is 42.7 Å². The highest BCUT2D eigenvalue weighted by atomic mass is 35.5. The van der Waals surface area contributed by atoms with Crippen molar-refractivity contribution in [3.05, 3.63) is 64.8 Å². The molecule has 2 aromatic carbocycles. The normalized spacial score (nSPS) is 21.9. The topological polar surface area (TPSA) is 88.8 Å². The van der Waals surface area contributed by atoms with Crippen molar-refractivity contribution >= 4 is 39.8 Å². The molecule has 0 spiro atoms. The third kappa shape index (κ3) is 5.41. The number of amides is 1. The highest BCUT2D eigenvalue weighted by Gasteiger charge is 2.39. The molecule has 2 atom stereocenters. The Morgan fingerprint density at radius 2 is 2.02 bits per heavy atom. The maximum Gasteiger partial charge on any atom is 0.318 e. The van der Waals surface area contributed by atoms with Gasteiger partial charge in [0.05, 0.1) is 41.3 Å². The molecule has 0 radical (unpaired) electrons. The molecule has 2 saturated heterocycles. The summed E-state index contributed by atoms with van der Waals surface area (Å²) in [6.07, 6.45) is 1.64. The molecule has 4 heterocycles.